The highest BCUT2D eigenvalue weighted by molar-refractivity contribution is 9.10. The molecule has 2 nitrogen and oxygen atoms in total. The number of rotatable bonds is 5. The van der Waals surface area contributed by atoms with Crippen molar-refractivity contribution in [2.45, 2.75) is 32.4 Å². The van der Waals surface area contributed by atoms with Gasteiger partial charge in [-0.1, -0.05) is 35.8 Å². The minimum absolute atomic E-state index is 0.0574. The molecule has 0 aliphatic carbocycles. The second-order valence-corrected chi connectivity index (χ2v) is 5.46. The summed E-state index contributed by atoms with van der Waals surface area (Å²) in [5.41, 5.74) is 6.69. The topological polar surface area (TPSA) is 35.2 Å². The van der Waals surface area contributed by atoms with E-state index in [9.17, 15) is 4.39 Å². The molecule has 0 aromatic heterocycles. The van der Waals surface area contributed by atoms with Crippen LogP contribution < -0.4 is 5.73 Å². The Labute approximate surface area is 110 Å². The van der Waals surface area contributed by atoms with Crippen LogP contribution in [0.3, 0.4) is 0 Å². The van der Waals surface area contributed by atoms with E-state index in [1.165, 1.54) is 6.07 Å². The van der Waals surface area contributed by atoms with Crippen LogP contribution in [0, 0.1) is 11.7 Å². The SMILES string of the molecule is COC(C(C)C)C(N)Cc1ccc(Br)cc1F. The van der Waals surface area contributed by atoms with Crippen molar-refractivity contribution < 1.29 is 9.13 Å². The third kappa shape index (κ3) is 4.05. The monoisotopic (exact) mass is 303 g/mol. The van der Waals surface area contributed by atoms with E-state index in [-0.39, 0.29) is 18.0 Å². The molecule has 1 aromatic rings. The van der Waals surface area contributed by atoms with Gasteiger partial charge in [0.2, 0.25) is 0 Å². The van der Waals surface area contributed by atoms with Gasteiger partial charge in [0.15, 0.2) is 0 Å². The van der Waals surface area contributed by atoms with Crippen molar-refractivity contribution in [2.24, 2.45) is 11.7 Å². The largest absolute Gasteiger partial charge is 0.380 e. The van der Waals surface area contributed by atoms with Crippen LogP contribution in [0.5, 0.6) is 0 Å². The molecule has 0 aliphatic heterocycles. The second kappa shape index (κ2) is 6.47. The fraction of sp³-hybridized carbons (Fsp3) is 0.538. The Hall–Kier alpha value is -0.450. The minimum atomic E-state index is -0.228. The number of nitrogens with two attached hydrogens (primary N) is 1. The zero-order valence-corrected chi connectivity index (χ0v) is 12.0. The van der Waals surface area contributed by atoms with Gasteiger partial charge in [-0.05, 0) is 30.0 Å². The number of hydrogen-bond donors (Lipinski definition) is 1. The van der Waals surface area contributed by atoms with Gasteiger partial charge in [-0.25, -0.2) is 4.39 Å². The van der Waals surface area contributed by atoms with Crippen LogP contribution in [0.25, 0.3) is 0 Å². The first-order valence-corrected chi connectivity index (χ1v) is 6.47. The maximum atomic E-state index is 13.7. The Kier molecular flexibility index (Phi) is 5.56. The Morgan fingerprint density at radius 1 is 1.41 bits per heavy atom. The fourth-order valence-electron chi connectivity index (χ4n) is 2.00. The van der Waals surface area contributed by atoms with E-state index in [4.69, 9.17) is 10.5 Å². The zero-order valence-electron chi connectivity index (χ0n) is 10.4. The lowest BCUT2D eigenvalue weighted by Gasteiger charge is -2.26. The fourth-order valence-corrected chi connectivity index (χ4v) is 2.33. The molecule has 0 saturated carbocycles. The Morgan fingerprint density at radius 3 is 2.53 bits per heavy atom. The number of benzene rings is 1. The van der Waals surface area contributed by atoms with Crippen LogP contribution in [-0.2, 0) is 11.2 Å². The minimum Gasteiger partial charge on any atom is -0.380 e. The molecule has 1 rings (SSSR count). The summed E-state index contributed by atoms with van der Waals surface area (Å²) in [6, 6.07) is 4.84. The van der Waals surface area contributed by atoms with Crippen molar-refractivity contribution in [2.75, 3.05) is 7.11 Å². The lowest BCUT2D eigenvalue weighted by molar-refractivity contribution is 0.0439. The highest BCUT2D eigenvalue weighted by Gasteiger charge is 2.22. The van der Waals surface area contributed by atoms with E-state index in [2.05, 4.69) is 15.9 Å². The van der Waals surface area contributed by atoms with Gasteiger partial charge in [-0.3, -0.25) is 0 Å². The predicted octanol–water partition coefficient (Wildman–Crippen LogP) is 3.13. The Bertz CT molecular complexity index is 370. The smallest absolute Gasteiger partial charge is 0.127 e. The molecule has 17 heavy (non-hydrogen) atoms. The molecule has 96 valence electrons. The van der Waals surface area contributed by atoms with E-state index in [1.54, 1.807) is 13.2 Å². The van der Waals surface area contributed by atoms with E-state index in [1.807, 2.05) is 19.9 Å². The van der Waals surface area contributed by atoms with E-state index in [0.717, 1.165) is 4.47 Å². The molecular weight excluding hydrogens is 285 g/mol. The molecule has 0 fully saturated rings. The first-order chi connectivity index (χ1) is 7.95. The molecule has 2 N–H and O–H groups in total. The van der Waals surface area contributed by atoms with Crippen LogP contribution in [0.2, 0.25) is 0 Å². The number of hydrogen-bond acceptors (Lipinski definition) is 2. The molecule has 2 unspecified atom stereocenters. The molecule has 2 atom stereocenters. The highest BCUT2D eigenvalue weighted by Crippen LogP contribution is 2.19. The highest BCUT2D eigenvalue weighted by atomic mass is 79.9. The number of methoxy groups -OCH3 is 1. The third-order valence-electron chi connectivity index (χ3n) is 2.82. The van der Waals surface area contributed by atoms with Crippen LogP contribution in [-0.4, -0.2) is 19.3 Å². The summed E-state index contributed by atoms with van der Waals surface area (Å²) < 4.78 is 19.7. The molecule has 0 amide bonds. The maximum Gasteiger partial charge on any atom is 0.127 e. The summed E-state index contributed by atoms with van der Waals surface area (Å²) in [6.07, 6.45) is 0.425. The second-order valence-electron chi connectivity index (χ2n) is 4.55. The van der Waals surface area contributed by atoms with Crippen molar-refractivity contribution >= 4 is 15.9 Å². The molecule has 1 aromatic carbocycles. The van der Waals surface area contributed by atoms with Gasteiger partial charge < -0.3 is 10.5 Å². The third-order valence-corrected chi connectivity index (χ3v) is 3.32. The summed E-state index contributed by atoms with van der Waals surface area (Å²) in [5, 5.41) is 0. The average Bonchev–Trinajstić information content (AvgIpc) is 2.22. The van der Waals surface area contributed by atoms with Crippen molar-refractivity contribution in [3.63, 3.8) is 0 Å². The van der Waals surface area contributed by atoms with E-state index < -0.39 is 0 Å². The normalized spacial score (nSPS) is 15.0. The standard InChI is InChI=1S/C13H19BrFNO/c1-8(2)13(17-3)12(16)6-9-4-5-10(14)7-11(9)15/h4-5,7-8,12-13H,6,16H2,1-3H3. The van der Waals surface area contributed by atoms with Gasteiger partial charge in [-0.15, -0.1) is 0 Å². The van der Waals surface area contributed by atoms with Crippen molar-refractivity contribution in [1.82, 2.24) is 0 Å². The van der Waals surface area contributed by atoms with Gasteiger partial charge >= 0.3 is 0 Å². The zero-order chi connectivity index (χ0) is 13.0. The summed E-state index contributed by atoms with van der Waals surface area (Å²) in [4.78, 5) is 0. The van der Waals surface area contributed by atoms with Gasteiger partial charge in [0.25, 0.3) is 0 Å². The maximum absolute atomic E-state index is 13.7. The molecule has 0 aliphatic rings. The summed E-state index contributed by atoms with van der Waals surface area (Å²) >= 11 is 3.23. The van der Waals surface area contributed by atoms with Gasteiger partial charge in [-0.2, -0.15) is 0 Å². The van der Waals surface area contributed by atoms with Crippen LogP contribution in [0.15, 0.2) is 22.7 Å². The lowest BCUT2D eigenvalue weighted by Crippen LogP contribution is -2.41. The molecular formula is C13H19BrFNO. The van der Waals surface area contributed by atoms with E-state index >= 15 is 0 Å². The lowest BCUT2D eigenvalue weighted by atomic mass is 9.94. The molecule has 4 heteroatoms. The van der Waals surface area contributed by atoms with Crippen LogP contribution >= 0.6 is 15.9 Å². The van der Waals surface area contributed by atoms with Gasteiger partial charge in [0, 0.05) is 17.6 Å². The molecule has 0 heterocycles. The van der Waals surface area contributed by atoms with Crippen LogP contribution in [0.4, 0.5) is 4.39 Å². The molecule has 0 radical (unpaired) electrons. The van der Waals surface area contributed by atoms with Gasteiger partial charge in [0.1, 0.15) is 5.82 Å². The quantitative estimate of drug-likeness (QED) is 0.907. The number of halogens is 2. The summed E-state index contributed by atoms with van der Waals surface area (Å²) in [6.45, 7) is 4.10. The van der Waals surface area contributed by atoms with Crippen molar-refractivity contribution in [1.29, 1.82) is 0 Å². The summed E-state index contributed by atoms with van der Waals surface area (Å²) in [7, 11) is 1.64. The predicted molar refractivity (Wildman–Crippen MR) is 71.4 cm³/mol. The molecule has 0 saturated heterocycles. The van der Waals surface area contributed by atoms with Crippen molar-refractivity contribution in [3.8, 4) is 0 Å². The van der Waals surface area contributed by atoms with Crippen LogP contribution in [0.1, 0.15) is 19.4 Å². The van der Waals surface area contributed by atoms with E-state index in [0.29, 0.717) is 17.9 Å². The first-order valence-electron chi connectivity index (χ1n) is 5.68. The first kappa shape index (κ1) is 14.6. The Morgan fingerprint density at radius 2 is 2.06 bits per heavy atom. The summed E-state index contributed by atoms with van der Waals surface area (Å²) in [5.74, 6) is 0.0851. The molecule has 0 bridgehead atoms. The average molecular weight is 304 g/mol. The van der Waals surface area contributed by atoms with Gasteiger partial charge in [0.05, 0.1) is 6.10 Å². The Balaban J connectivity index is 2.76. The van der Waals surface area contributed by atoms with Crippen molar-refractivity contribution in [3.05, 3.63) is 34.1 Å². The molecule has 0 spiro atoms. The number of ether oxygens (including phenoxy) is 1.